The quantitative estimate of drug-likeness (QED) is 0.454. The summed E-state index contributed by atoms with van der Waals surface area (Å²) in [5.74, 6) is 1.06. The van der Waals surface area contributed by atoms with Gasteiger partial charge in [-0.25, -0.2) is 13.4 Å². The second-order valence-corrected chi connectivity index (χ2v) is 11.8. The van der Waals surface area contributed by atoms with E-state index in [2.05, 4.69) is 22.8 Å². The first-order valence-electron chi connectivity index (χ1n) is 12.6. The minimum atomic E-state index is -3.38. The third-order valence-electron chi connectivity index (χ3n) is 7.22. The summed E-state index contributed by atoms with van der Waals surface area (Å²) in [4.78, 5) is 30.5. The molecule has 9 heteroatoms. The Morgan fingerprint density at radius 3 is 2.50 bits per heavy atom. The average molecular weight is 531 g/mol. The molecular formula is C29H30N4O4S. The van der Waals surface area contributed by atoms with Crippen molar-refractivity contribution in [3.05, 3.63) is 77.5 Å². The number of aldehydes is 1. The van der Waals surface area contributed by atoms with Crippen LogP contribution in [-0.2, 0) is 19.4 Å². The predicted octanol–water partition coefficient (Wildman–Crippen LogP) is 4.44. The Labute approximate surface area is 222 Å². The smallest absolute Gasteiger partial charge is 0.219 e. The third-order valence-corrected chi connectivity index (χ3v) is 8.33. The average Bonchev–Trinajstić information content (AvgIpc) is 2.92. The van der Waals surface area contributed by atoms with Crippen molar-refractivity contribution in [3.63, 3.8) is 0 Å². The summed E-state index contributed by atoms with van der Waals surface area (Å²) in [6.07, 6.45) is 7.51. The highest BCUT2D eigenvalue weighted by Gasteiger charge is 2.24. The zero-order chi connectivity index (χ0) is 26.9. The fraction of sp³-hybridized carbons (Fsp3) is 0.276. The Hall–Kier alpha value is -3.98. The number of hydrogen-bond donors (Lipinski definition) is 2. The molecule has 38 heavy (non-hydrogen) atoms. The molecular weight excluding hydrogens is 500 g/mol. The van der Waals surface area contributed by atoms with E-state index in [9.17, 15) is 18.0 Å². The number of carbonyl (C=O) groups excluding carboxylic acids is 2. The number of fused-ring (bicyclic) bond motifs is 1. The Bertz CT molecular complexity index is 1510. The first-order chi connectivity index (χ1) is 18.2. The van der Waals surface area contributed by atoms with E-state index >= 15 is 0 Å². The van der Waals surface area contributed by atoms with Crippen LogP contribution < -0.4 is 10.6 Å². The molecule has 5 rings (SSSR count). The summed E-state index contributed by atoms with van der Waals surface area (Å²) < 4.78 is 24.2. The van der Waals surface area contributed by atoms with Crippen molar-refractivity contribution in [1.29, 1.82) is 0 Å². The van der Waals surface area contributed by atoms with E-state index in [1.54, 1.807) is 31.3 Å². The predicted molar refractivity (Wildman–Crippen MR) is 148 cm³/mol. The zero-order valence-corrected chi connectivity index (χ0v) is 22.2. The van der Waals surface area contributed by atoms with E-state index in [1.807, 2.05) is 35.2 Å². The van der Waals surface area contributed by atoms with Crippen LogP contribution in [0.2, 0.25) is 0 Å². The lowest BCUT2D eigenvalue weighted by molar-refractivity contribution is -0.129. The maximum atomic E-state index is 12.1. The minimum Gasteiger partial charge on any atom is -0.378 e. The number of aromatic nitrogens is 1. The molecule has 8 nitrogen and oxygen atoms in total. The molecule has 0 radical (unpaired) electrons. The molecule has 1 saturated heterocycles. The topological polar surface area (TPSA) is 108 Å². The second kappa shape index (κ2) is 10.4. The van der Waals surface area contributed by atoms with Gasteiger partial charge >= 0.3 is 0 Å². The summed E-state index contributed by atoms with van der Waals surface area (Å²) in [5.41, 5.74) is 4.88. The molecule has 2 N–H and O–H groups in total. The number of benzene rings is 2. The van der Waals surface area contributed by atoms with Gasteiger partial charge < -0.3 is 20.3 Å². The van der Waals surface area contributed by atoms with Crippen LogP contribution in [0.4, 0.5) is 11.5 Å². The molecule has 2 aliphatic rings. The Morgan fingerprint density at radius 2 is 1.84 bits per heavy atom. The second-order valence-electron chi connectivity index (χ2n) is 9.80. The lowest BCUT2D eigenvalue weighted by atomic mass is 9.89. The number of likely N-dealkylation sites (tertiary alicyclic amines) is 1. The number of hydrogen-bond acceptors (Lipinski definition) is 7. The van der Waals surface area contributed by atoms with E-state index in [1.165, 1.54) is 11.8 Å². The molecule has 0 saturated carbocycles. The van der Waals surface area contributed by atoms with E-state index < -0.39 is 15.9 Å². The van der Waals surface area contributed by atoms with Crippen molar-refractivity contribution >= 4 is 39.6 Å². The first-order valence-corrected chi connectivity index (χ1v) is 14.5. The Kier molecular flexibility index (Phi) is 7.03. The molecule has 0 bridgehead atoms. The van der Waals surface area contributed by atoms with Gasteiger partial charge in [0.1, 0.15) is 18.1 Å². The number of rotatable bonds is 6. The maximum absolute atomic E-state index is 12.1. The molecule has 2 aromatic carbocycles. The molecule has 1 aromatic heterocycles. The summed E-state index contributed by atoms with van der Waals surface area (Å²) in [6, 6.07) is 16.2. The molecule has 0 spiro atoms. The fourth-order valence-electron chi connectivity index (χ4n) is 5.10. The molecule has 1 atom stereocenters. The van der Waals surface area contributed by atoms with Crippen molar-refractivity contribution < 1.29 is 18.0 Å². The van der Waals surface area contributed by atoms with Crippen LogP contribution >= 0.6 is 0 Å². The van der Waals surface area contributed by atoms with Gasteiger partial charge in [-0.1, -0.05) is 24.3 Å². The Morgan fingerprint density at radius 1 is 1.11 bits per heavy atom. The van der Waals surface area contributed by atoms with Crippen molar-refractivity contribution in [2.24, 2.45) is 0 Å². The van der Waals surface area contributed by atoms with Crippen molar-refractivity contribution in [3.8, 4) is 11.3 Å². The highest BCUT2D eigenvalue weighted by molar-refractivity contribution is 7.90. The largest absolute Gasteiger partial charge is 0.378 e. The molecule has 1 unspecified atom stereocenters. The summed E-state index contributed by atoms with van der Waals surface area (Å²) in [7, 11) is -3.38. The lowest BCUT2D eigenvalue weighted by Gasteiger charge is -2.31. The minimum absolute atomic E-state index is 0.127. The highest BCUT2D eigenvalue weighted by atomic mass is 32.2. The van der Waals surface area contributed by atoms with E-state index in [4.69, 9.17) is 4.98 Å². The van der Waals surface area contributed by atoms with Crippen molar-refractivity contribution in [2.75, 3.05) is 24.7 Å². The van der Waals surface area contributed by atoms with E-state index in [0.29, 0.717) is 23.0 Å². The highest BCUT2D eigenvalue weighted by Crippen LogP contribution is 2.35. The molecule has 1 amide bonds. The number of piperidine rings is 1. The lowest BCUT2D eigenvalue weighted by Crippen LogP contribution is -2.36. The van der Waals surface area contributed by atoms with Gasteiger partial charge in [-0.05, 0) is 72.5 Å². The number of nitrogens with one attached hydrogen (secondary N) is 2. The first kappa shape index (κ1) is 25.7. The van der Waals surface area contributed by atoms with Crippen LogP contribution in [0.5, 0.6) is 0 Å². The van der Waals surface area contributed by atoms with Crippen molar-refractivity contribution in [2.45, 2.75) is 36.6 Å². The standard InChI is InChI=1S/C29H30N4O4S/c1-19(35)33-14-11-21(12-15-33)20-6-8-24(9-7-20)31-29-28-23(10-13-30-27(28)18-34)17-26(32-29)22-4-3-5-25(16-22)38(2,36)37/h3-10,13,16-18,21,27,30H,11-12,14-15H2,1-2H3,(H,31,32). The Balaban J connectivity index is 1.46. The third kappa shape index (κ3) is 5.33. The SMILES string of the molecule is CC(=O)N1CCC(c2ccc(Nc3nc(-c4cccc(S(C)(=O)=O)c4)cc4c3C(C=O)NC=C4)cc2)CC1. The van der Waals surface area contributed by atoms with Gasteiger partial charge in [0, 0.05) is 43.1 Å². The van der Waals surface area contributed by atoms with Crippen LogP contribution in [0.1, 0.15) is 48.4 Å². The van der Waals surface area contributed by atoms with E-state index in [0.717, 1.165) is 49.0 Å². The van der Waals surface area contributed by atoms with Gasteiger partial charge in [0.25, 0.3) is 0 Å². The van der Waals surface area contributed by atoms with Crippen LogP contribution in [0.25, 0.3) is 17.3 Å². The van der Waals surface area contributed by atoms with Gasteiger partial charge in [0.05, 0.1) is 10.6 Å². The summed E-state index contributed by atoms with van der Waals surface area (Å²) >= 11 is 0. The van der Waals surface area contributed by atoms with Gasteiger partial charge in [-0.15, -0.1) is 0 Å². The molecule has 0 aliphatic carbocycles. The molecule has 1 fully saturated rings. The van der Waals surface area contributed by atoms with Crippen LogP contribution in [0.15, 0.2) is 65.7 Å². The van der Waals surface area contributed by atoms with Crippen LogP contribution in [0.3, 0.4) is 0 Å². The number of nitrogens with zero attached hydrogens (tertiary/aromatic N) is 2. The molecule has 3 aromatic rings. The van der Waals surface area contributed by atoms with Crippen LogP contribution in [-0.4, -0.2) is 49.8 Å². The fourth-order valence-corrected chi connectivity index (χ4v) is 5.77. The summed E-state index contributed by atoms with van der Waals surface area (Å²) in [5, 5.41) is 6.46. The maximum Gasteiger partial charge on any atom is 0.219 e. The number of sulfone groups is 1. The monoisotopic (exact) mass is 530 g/mol. The number of carbonyl (C=O) groups is 2. The number of pyridine rings is 1. The molecule has 3 heterocycles. The molecule has 2 aliphatic heterocycles. The normalized spacial score (nSPS) is 17.4. The van der Waals surface area contributed by atoms with Gasteiger partial charge in [0.2, 0.25) is 5.91 Å². The van der Waals surface area contributed by atoms with Crippen LogP contribution in [0, 0.1) is 0 Å². The molecule has 196 valence electrons. The number of amides is 1. The van der Waals surface area contributed by atoms with Gasteiger partial charge in [0.15, 0.2) is 9.84 Å². The van der Waals surface area contributed by atoms with Gasteiger partial charge in [-0.2, -0.15) is 0 Å². The summed E-state index contributed by atoms with van der Waals surface area (Å²) in [6.45, 7) is 3.17. The zero-order valence-electron chi connectivity index (χ0n) is 21.3. The van der Waals surface area contributed by atoms with E-state index in [-0.39, 0.29) is 10.8 Å². The van der Waals surface area contributed by atoms with Gasteiger partial charge in [-0.3, -0.25) is 4.79 Å². The van der Waals surface area contributed by atoms with Crippen molar-refractivity contribution in [1.82, 2.24) is 15.2 Å². The number of anilines is 2.